The Labute approximate surface area is 126 Å². The van der Waals surface area contributed by atoms with Crippen molar-refractivity contribution in [3.8, 4) is 0 Å². The number of anilines is 2. The number of nitrogens with zero attached hydrogens (tertiary/aromatic N) is 1. The standard InChI is InChI=1S/C19H22N2/c1-14-11-16-5-2-3-7-18(16)21(13-14)19-8-4-6-15-9-10-20-12-17(15)19/h2-8,14,20H,9-13H2,1H3. The van der Waals surface area contributed by atoms with Gasteiger partial charge in [-0.1, -0.05) is 37.3 Å². The largest absolute Gasteiger partial charge is 0.341 e. The van der Waals surface area contributed by atoms with Gasteiger partial charge in [-0.05, 0) is 54.1 Å². The van der Waals surface area contributed by atoms with Gasteiger partial charge in [0.2, 0.25) is 0 Å². The van der Waals surface area contributed by atoms with Crippen molar-refractivity contribution in [2.24, 2.45) is 5.92 Å². The molecule has 0 amide bonds. The first kappa shape index (κ1) is 12.9. The first-order valence-electron chi connectivity index (χ1n) is 8.00. The highest BCUT2D eigenvalue weighted by atomic mass is 15.2. The molecular weight excluding hydrogens is 256 g/mol. The fraction of sp³-hybridized carbons (Fsp3) is 0.368. The quantitative estimate of drug-likeness (QED) is 0.856. The van der Waals surface area contributed by atoms with Gasteiger partial charge in [-0.2, -0.15) is 0 Å². The van der Waals surface area contributed by atoms with Crippen LogP contribution in [0.2, 0.25) is 0 Å². The molecule has 21 heavy (non-hydrogen) atoms. The molecule has 0 radical (unpaired) electrons. The zero-order valence-electron chi connectivity index (χ0n) is 12.6. The monoisotopic (exact) mass is 278 g/mol. The van der Waals surface area contributed by atoms with Crippen molar-refractivity contribution in [1.29, 1.82) is 0 Å². The minimum Gasteiger partial charge on any atom is -0.341 e. The summed E-state index contributed by atoms with van der Waals surface area (Å²) in [5.74, 6) is 0.701. The predicted molar refractivity (Wildman–Crippen MR) is 88.2 cm³/mol. The van der Waals surface area contributed by atoms with Crippen molar-refractivity contribution in [2.75, 3.05) is 18.0 Å². The van der Waals surface area contributed by atoms with Gasteiger partial charge in [-0.25, -0.2) is 0 Å². The molecule has 0 saturated heterocycles. The first-order chi connectivity index (χ1) is 10.3. The van der Waals surface area contributed by atoms with Crippen LogP contribution in [0.4, 0.5) is 11.4 Å². The topological polar surface area (TPSA) is 15.3 Å². The lowest BCUT2D eigenvalue weighted by molar-refractivity contribution is 0.559. The summed E-state index contributed by atoms with van der Waals surface area (Å²) in [6.45, 7) is 5.58. The van der Waals surface area contributed by atoms with Gasteiger partial charge in [-0.3, -0.25) is 0 Å². The van der Waals surface area contributed by atoms with Gasteiger partial charge in [0.25, 0.3) is 0 Å². The van der Waals surface area contributed by atoms with E-state index in [2.05, 4.69) is 59.6 Å². The van der Waals surface area contributed by atoms with Crippen LogP contribution < -0.4 is 10.2 Å². The van der Waals surface area contributed by atoms with E-state index in [1.165, 1.54) is 34.5 Å². The van der Waals surface area contributed by atoms with Crippen LogP contribution in [0.3, 0.4) is 0 Å². The Morgan fingerprint density at radius 1 is 1.00 bits per heavy atom. The van der Waals surface area contributed by atoms with Gasteiger partial charge in [-0.15, -0.1) is 0 Å². The zero-order valence-corrected chi connectivity index (χ0v) is 12.6. The predicted octanol–water partition coefficient (Wildman–Crippen LogP) is 3.66. The van der Waals surface area contributed by atoms with E-state index in [4.69, 9.17) is 0 Å². The molecule has 2 aliphatic heterocycles. The molecule has 4 rings (SSSR count). The van der Waals surface area contributed by atoms with Crippen LogP contribution in [0, 0.1) is 5.92 Å². The van der Waals surface area contributed by atoms with E-state index in [0.717, 1.165) is 26.1 Å². The van der Waals surface area contributed by atoms with Crippen LogP contribution in [0.25, 0.3) is 0 Å². The lowest BCUT2D eigenvalue weighted by Crippen LogP contribution is -2.33. The summed E-state index contributed by atoms with van der Waals surface area (Å²) >= 11 is 0. The van der Waals surface area contributed by atoms with Crippen molar-refractivity contribution in [3.05, 3.63) is 59.2 Å². The van der Waals surface area contributed by atoms with Crippen LogP contribution in [0.1, 0.15) is 23.6 Å². The summed E-state index contributed by atoms with van der Waals surface area (Å²) in [4.78, 5) is 2.54. The Bertz CT molecular complexity index is 662. The summed E-state index contributed by atoms with van der Waals surface area (Å²) in [6, 6.07) is 15.7. The second kappa shape index (κ2) is 5.19. The Balaban J connectivity index is 1.84. The Morgan fingerprint density at radius 3 is 2.76 bits per heavy atom. The number of para-hydroxylation sites is 1. The molecule has 2 heteroatoms. The molecule has 2 aromatic rings. The number of rotatable bonds is 1. The maximum absolute atomic E-state index is 3.53. The van der Waals surface area contributed by atoms with E-state index in [-0.39, 0.29) is 0 Å². The van der Waals surface area contributed by atoms with E-state index in [9.17, 15) is 0 Å². The Kier molecular flexibility index (Phi) is 3.19. The van der Waals surface area contributed by atoms with Crippen LogP contribution in [0.5, 0.6) is 0 Å². The molecule has 0 saturated carbocycles. The molecule has 1 atom stereocenters. The molecule has 0 spiro atoms. The first-order valence-corrected chi connectivity index (χ1v) is 8.00. The summed E-state index contributed by atoms with van der Waals surface area (Å²) in [7, 11) is 0. The SMILES string of the molecule is CC1Cc2ccccc2N(c2cccc3c2CNCC3)C1. The van der Waals surface area contributed by atoms with Gasteiger partial charge in [0, 0.05) is 24.5 Å². The van der Waals surface area contributed by atoms with Gasteiger partial charge in [0.1, 0.15) is 0 Å². The van der Waals surface area contributed by atoms with Crippen LogP contribution >= 0.6 is 0 Å². The highest BCUT2D eigenvalue weighted by molar-refractivity contribution is 5.71. The number of fused-ring (bicyclic) bond motifs is 2. The van der Waals surface area contributed by atoms with E-state index in [0.29, 0.717) is 5.92 Å². The molecule has 1 unspecified atom stereocenters. The Morgan fingerprint density at radius 2 is 1.81 bits per heavy atom. The third kappa shape index (κ3) is 2.24. The average Bonchev–Trinajstić information content (AvgIpc) is 2.53. The third-order valence-electron chi connectivity index (χ3n) is 4.76. The van der Waals surface area contributed by atoms with Crippen molar-refractivity contribution >= 4 is 11.4 Å². The molecule has 1 N–H and O–H groups in total. The maximum atomic E-state index is 3.53. The summed E-state index contributed by atoms with van der Waals surface area (Å²) in [5, 5.41) is 3.53. The van der Waals surface area contributed by atoms with E-state index >= 15 is 0 Å². The summed E-state index contributed by atoms with van der Waals surface area (Å²) < 4.78 is 0. The molecule has 108 valence electrons. The normalized spacial score (nSPS) is 20.8. The van der Waals surface area contributed by atoms with Crippen molar-refractivity contribution in [2.45, 2.75) is 26.3 Å². The molecule has 2 nitrogen and oxygen atoms in total. The van der Waals surface area contributed by atoms with Gasteiger partial charge < -0.3 is 10.2 Å². The van der Waals surface area contributed by atoms with Crippen molar-refractivity contribution in [3.63, 3.8) is 0 Å². The second-order valence-corrected chi connectivity index (χ2v) is 6.39. The molecule has 0 aromatic heterocycles. The van der Waals surface area contributed by atoms with Crippen LogP contribution in [0.15, 0.2) is 42.5 Å². The van der Waals surface area contributed by atoms with Crippen LogP contribution in [-0.2, 0) is 19.4 Å². The minimum absolute atomic E-state index is 0.701. The third-order valence-corrected chi connectivity index (χ3v) is 4.76. The fourth-order valence-electron chi connectivity index (χ4n) is 3.77. The molecule has 2 aliphatic rings. The van der Waals surface area contributed by atoms with E-state index in [1.807, 2.05) is 0 Å². The molecule has 0 fully saturated rings. The summed E-state index contributed by atoms with van der Waals surface area (Å²) in [6.07, 6.45) is 2.34. The lowest BCUT2D eigenvalue weighted by Gasteiger charge is -2.37. The zero-order chi connectivity index (χ0) is 14.2. The lowest BCUT2D eigenvalue weighted by atomic mass is 9.91. The molecule has 0 bridgehead atoms. The van der Waals surface area contributed by atoms with Gasteiger partial charge >= 0.3 is 0 Å². The highest BCUT2D eigenvalue weighted by Crippen LogP contribution is 2.38. The molecule has 2 heterocycles. The van der Waals surface area contributed by atoms with Gasteiger partial charge in [0.15, 0.2) is 0 Å². The molecule has 0 aliphatic carbocycles. The van der Waals surface area contributed by atoms with E-state index < -0.39 is 0 Å². The molecule has 2 aromatic carbocycles. The number of benzene rings is 2. The van der Waals surface area contributed by atoms with E-state index in [1.54, 1.807) is 0 Å². The Hall–Kier alpha value is -1.80. The summed E-state index contributed by atoms with van der Waals surface area (Å²) in [5.41, 5.74) is 7.29. The number of hydrogen-bond donors (Lipinski definition) is 1. The van der Waals surface area contributed by atoms with Crippen molar-refractivity contribution < 1.29 is 0 Å². The van der Waals surface area contributed by atoms with Crippen molar-refractivity contribution in [1.82, 2.24) is 5.32 Å². The average molecular weight is 278 g/mol. The minimum atomic E-state index is 0.701. The van der Waals surface area contributed by atoms with Gasteiger partial charge in [0.05, 0.1) is 0 Å². The molecular formula is C19H22N2. The number of hydrogen-bond acceptors (Lipinski definition) is 2. The second-order valence-electron chi connectivity index (χ2n) is 6.39. The highest BCUT2D eigenvalue weighted by Gasteiger charge is 2.25. The maximum Gasteiger partial charge on any atom is 0.0459 e. The smallest absolute Gasteiger partial charge is 0.0459 e. The number of nitrogens with one attached hydrogen (secondary N) is 1. The fourth-order valence-corrected chi connectivity index (χ4v) is 3.77. The van der Waals surface area contributed by atoms with Crippen LogP contribution in [-0.4, -0.2) is 13.1 Å².